The van der Waals surface area contributed by atoms with Crippen molar-refractivity contribution < 1.29 is 35.8 Å². The van der Waals surface area contributed by atoms with E-state index in [0.29, 0.717) is 23.5 Å². The summed E-state index contributed by atoms with van der Waals surface area (Å²) in [4.78, 5) is 27.8. The van der Waals surface area contributed by atoms with E-state index in [-0.39, 0.29) is 34.8 Å². The summed E-state index contributed by atoms with van der Waals surface area (Å²) >= 11 is 1.67. The van der Waals surface area contributed by atoms with Gasteiger partial charge in [0, 0.05) is 34.9 Å². The van der Waals surface area contributed by atoms with Gasteiger partial charge in [-0.1, -0.05) is 66.7 Å². The predicted octanol–water partition coefficient (Wildman–Crippen LogP) is 2.60. The number of hydrogen-bond donors (Lipinski definition) is 1. The van der Waals surface area contributed by atoms with Gasteiger partial charge in [-0.15, -0.1) is 11.8 Å². The zero-order valence-electron chi connectivity index (χ0n) is 21.0. The molecule has 2 atom stereocenters. The van der Waals surface area contributed by atoms with Gasteiger partial charge in [-0.05, 0) is 30.0 Å². The molecule has 6 rings (SSSR count). The van der Waals surface area contributed by atoms with E-state index in [1.807, 2.05) is 79.1 Å². The predicted molar refractivity (Wildman–Crippen MR) is 144 cm³/mol. The van der Waals surface area contributed by atoms with Crippen LogP contribution in [0.3, 0.4) is 0 Å². The van der Waals surface area contributed by atoms with Crippen LogP contribution in [0.5, 0.6) is 0 Å². The minimum atomic E-state index is -0.599. The second-order valence-electron chi connectivity index (χ2n) is 9.95. The first-order valence-electron chi connectivity index (χ1n) is 12.6. The van der Waals surface area contributed by atoms with E-state index in [1.165, 1.54) is 0 Å². The van der Waals surface area contributed by atoms with E-state index in [9.17, 15) is 9.59 Å². The molecule has 3 heterocycles. The highest BCUT2D eigenvalue weighted by Gasteiger charge is 2.49. The zero-order valence-corrected chi connectivity index (χ0v) is 23.4. The maximum atomic E-state index is 13.6. The SMILES string of the molecule is CSc1cccc(NC(C(=O)O[C@H]2C[N+]3(CC(=O)c4ccccc4)CCC2CC3)c2ccccc2)c1.[Br-]. The number of hydrogen-bond acceptors (Lipinski definition) is 5. The Morgan fingerprint density at radius 2 is 1.65 bits per heavy atom. The molecular formula is C30H33BrN2O3S. The standard InChI is InChI=1S/C30H33N2O3S.BrH/c1-36-26-14-8-13-25(19-26)31-29(24-11-6-3-7-12-24)30(34)35-28-21-32(17-15-23(28)16-18-32)20-27(33)22-9-4-2-5-10-22;/h2-14,19,23,28-29,31H,15-18,20-21H2,1H3;1H/q+1;/p-1/t23?,28-,29?,32?;/m0./s1. The molecule has 3 aliphatic heterocycles. The number of benzene rings is 3. The summed E-state index contributed by atoms with van der Waals surface area (Å²) < 4.78 is 6.96. The summed E-state index contributed by atoms with van der Waals surface area (Å²) in [6, 6.07) is 26.8. The first kappa shape index (κ1) is 27.4. The highest BCUT2D eigenvalue weighted by molar-refractivity contribution is 7.98. The van der Waals surface area contributed by atoms with Crippen LogP contribution in [0.1, 0.15) is 34.8 Å². The number of anilines is 1. The van der Waals surface area contributed by atoms with Gasteiger partial charge in [-0.3, -0.25) is 4.79 Å². The summed E-state index contributed by atoms with van der Waals surface area (Å²) in [5, 5.41) is 3.42. The molecule has 0 aliphatic carbocycles. The maximum absolute atomic E-state index is 13.6. The summed E-state index contributed by atoms with van der Waals surface area (Å²) in [5.74, 6) is 0.262. The second-order valence-corrected chi connectivity index (χ2v) is 10.8. The Kier molecular flexibility index (Phi) is 9.11. The molecule has 194 valence electrons. The van der Waals surface area contributed by atoms with Gasteiger partial charge >= 0.3 is 5.97 Å². The molecule has 1 unspecified atom stereocenters. The van der Waals surface area contributed by atoms with E-state index in [1.54, 1.807) is 11.8 Å². The van der Waals surface area contributed by atoms with E-state index < -0.39 is 6.04 Å². The lowest BCUT2D eigenvalue weighted by Gasteiger charge is -2.51. The lowest BCUT2D eigenvalue weighted by molar-refractivity contribution is -0.938. The molecule has 3 aromatic rings. The molecule has 3 aromatic carbocycles. The van der Waals surface area contributed by atoms with Crippen molar-refractivity contribution in [3.8, 4) is 0 Å². The largest absolute Gasteiger partial charge is 1.00 e. The molecule has 5 nitrogen and oxygen atoms in total. The summed E-state index contributed by atoms with van der Waals surface area (Å²) in [5.41, 5.74) is 2.52. The number of nitrogens with zero attached hydrogens (tertiary/aromatic N) is 1. The number of quaternary nitrogens is 1. The van der Waals surface area contributed by atoms with Crippen LogP contribution in [0.25, 0.3) is 0 Å². The molecule has 37 heavy (non-hydrogen) atoms. The number of carbonyl (C=O) groups excluding carboxylic acids is 2. The Labute approximate surface area is 234 Å². The fourth-order valence-electron chi connectivity index (χ4n) is 5.62. The molecule has 7 heteroatoms. The van der Waals surface area contributed by atoms with E-state index in [0.717, 1.165) is 47.6 Å². The van der Waals surface area contributed by atoms with Gasteiger partial charge in [0.05, 0.1) is 13.1 Å². The minimum Gasteiger partial charge on any atom is -1.00 e. The lowest BCUT2D eigenvalue weighted by atomic mass is 9.82. The number of carbonyl (C=O) groups is 2. The Bertz CT molecular complexity index is 1200. The topological polar surface area (TPSA) is 55.4 Å². The molecule has 3 aliphatic rings. The number of thioether (sulfide) groups is 1. The first-order valence-corrected chi connectivity index (χ1v) is 13.9. The van der Waals surface area contributed by atoms with E-state index in [4.69, 9.17) is 4.74 Å². The molecular weight excluding hydrogens is 548 g/mol. The molecule has 0 amide bonds. The van der Waals surface area contributed by atoms with Crippen LogP contribution in [0.2, 0.25) is 0 Å². The molecule has 3 saturated heterocycles. The van der Waals surface area contributed by atoms with Crippen molar-refractivity contribution >= 4 is 29.2 Å². The molecule has 0 radical (unpaired) electrons. The number of piperidine rings is 3. The number of esters is 1. The smallest absolute Gasteiger partial charge is 0.333 e. The Morgan fingerprint density at radius 3 is 2.32 bits per heavy atom. The van der Waals surface area contributed by atoms with Crippen LogP contribution < -0.4 is 22.3 Å². The molecule has 0 aromatic heterocycles. The number of Topliss-reactive ketones (excluding diaryl/α,β-unsaturated/α-hetero) is 1. The van der Waals surface area contributed by atoms with Gasteiger partial charge in [-0.25, -0.2) is 4.79 Å². The molecule has 3 fully saturated rings. The third kappa shape index (κ3) is 6.46. The second kappa shape index (κ2) is 12.3. The lowest BCUT2D eigenvalue weighted by Crippen LogP contribution is -3.00. The van der Waals surface area contributed by atoms with Gasteiger partial charge in [-0.2, -0.15) is 0 Å². The number of ether oxygens (including phenoxy) is 1. The third-order valence-corrected chi connectivity index (χ3v) is 8.36. The van der Waals surface area contributed by atoms with E-state index >= 15 is 0 Å². The molecule has 2 bridgehead atoms. The fourth-order valence-corrected chi connectivity index (χ4v) is 6.08. The van der Waals surface area contributed by atoms with Gasteiger partial charge in [0.15, 0.2) is 12.1 Å². The van der Waals surface area contributed by atoms with Crippen LogP contribution in [-0.2, 0) is 9.53 Å². The van der Waals surface area contributed by atoms with Crippen LogP contribution in [-0.4, -0.2) is 54.8 Å². The highest BCUT2D eigenvalue weighted by Crippen LogP contribution is 2.37. The summed E-state index contributed by atoms with van der Waals surface area (Å²) in [7, 11) is 0. The Hall–Kier alpha value is -2.61. The fraction of sp³-hybridized carbons (Fsp3) is 0.333. The van der Waals surface area contributed by atoms with Gasteiger partial charge < -0.3 is 31.5 Å². The zero-order chi connectivity index (χ0) is 25.0. The highest BCUT2D eigenvalue weighted by atomic mass is 79.9. The Morgan fingerprint density at radius 1 is 0.973 bits per heavy atom. The Balaban J connectivity index is 0.00000320. The number of ketones is 1. The molecule has 0 spiro atoms. The monoisotopic (exact) mass is 580 g/mol. The van der Waals surface area contributed by atoms with Crippen molar-refractivity contribution in [2.24, 2.45) is 5.92 Å². The quantitative estimate of drug-likeness (QED) is 0.182. The maximum Gasteiger partial charge on any atom is 0.333 e. The molecule has 1 N–H and O–H groups in total. The van der Waals surface area contributed by atoms with Crippen LogP contribution in [0.15, 0.2) is 89.8 Å². The van der Waals surface area contributed by atoms with Gasteiger partial charge in [0.2, 0.25) is 5.78 Å². The van der Waals surface area contributed by atoms with Crippen LogP contribution in [0.4, 0.5) is 5.69 Å². The van der Waals surface area contributed by atoms with Crippen molar-refractivity contribution in [1.29, 1.82) is 0 Å². The van der Waals surface area contributed by atoms with Crippen molar-refractivity contribution in [1.82, 2.24) is 0 Å². The number of rotatable bonds is 9. The number of fused-ring (bicyclic) bond motifs is 3. The normalized spacial score (nSPS) is 22.9. The minimum absolute atomic E-state index is 0. The van der Waals surface area contributed by atoms with Crippen LogP contribution >= 0.6 is 11.8 Å². The number of nitrogens with one attached hydrogen (secondary N) is 1. The van der Waals surface area contributed by atoms with E-state index in [2.05, 4.69) is 17.4 Å². The van der Waals surface area contributed by atoms with Crippen molar-refractivity contribution in [3.63, 3.8) is 0 Å². The van der Waals surface area contributed by atoms with Crippen molar-refractivity contribution in [2.45, 2.75) is 29.9 Å². The molecule has 0 saturated carbocycles. The summed E-state index contributed by atoms with van der Waals surface area (Å²) in [6.07, 6.45) is 3.84. The van der Waals surface area contributed by atoms with Crippen molar-refractivity contribution in [2.75, 3.05) is 37.8 Å². The van der Waals surface area contributed by atoms with Crippen LogP contribution in [0, 0.1) is 5.92 Å². The first-order chi connectivity index (χ1) is 17.5. The van der Waals surface area contributed by atoms with Crippen molar-refractivity contribution in [3.05, 3.63) is 96.1 Å². The average molecular weight is 582 g/mol. The van der Waals surface area contributed by atoms with Gasteiger partial charge in [0.1, 0.15) is 13.1 Å². The number of halogens is 1. The van der Waals surface area contributed by atoms with Gasteiger partial charge in [0.25, 0.3) is 0 Å². The summed E-state index contributed by atoms with van der Waals surface area (Å²) in [6.45, 7) is 3.11. The average Bonchev–Trinajstić information content (AvgIpc) is 2.93. The third-order valence-electron chi connectivity index (χ3n) is 7.63.